The van der Waals surface area contributed by atoms with E-state index in [-0.39, 0.29) is 36.3 Å². The van der Waals surface area contributed by atoms with Crippen LogP contribution in [-0.2, 0) is 16.6 Å². The van der Waals surface area contributed by atoms with E-state index in [0.717, 1.165) is 25.7 Å². The van der Waals surface area contributed by atoms with Crippen LogP contribution < -0.4 is 5.73 Å². The molecule has 1 amide bonds. The summed E-state index contributed by atoms with van der Waals surface area (Å²) in [5.74, 6) is -0.581. The molecule has 0 spiro atoms. The molecule has 12 heteroatoms. The highest BCUT2D eigenvalue weighted by molar-refractivity contribution is 7.89. The van der Waals surface area contributed by atoms with Gasteiger partial charge in [0, 0.05) is 43.9 Å². The van der Waals surface area contributed by atoms with Crippen LogP contribution >= 0.6 is 12.4 Å². The lowest BCUT2D eigenvalue weighted by Crippen LogP contribution is -2.28. The number of nitrogens with two attached hydrogens (primary N) is 1. The maximum Gasteiger partial charge on any atom is 0.253 e. The van der Waals surface area contributed by atoms with Gasteiger partial charge in [-0.2, -0.15) is 4.31 Å². The van der Waals surface area contributed by atoms with E-state index in [1.54, 1.807) is 41.3 Å². The lowest BCUT2D eigenvalue weighted by atomic mass is 10.0. The van der Waals surface area contributed by atoms with E-state index in [1.807, 2.05) is 0 Å². The van der Waals surface area contributed by atoms with Crippen molar-refractivity contribution in [1.82, 2.24) is 24.2 Å². The number of halogens is 2. The molecule has 2 aromatic carbocycles. The summed E-state index contributed by atoms with van der Waals surface area (Å²) in [6, 6.07) is 10.1. The molecular formula is C25H30ClFN6O3S. The van der Waals surface area contributed by atoms with Gasteiger partial charge in [-0.1, -0.05) is 17.3 Å². The van der Waals surface area contributed by atoms with Gasteiger partial charge in [0.2, 0.25) is 10.0 Å². The molecule has 0 radical (unpaired) electrons. The second-order valence-corrected chi connectivity index (χ2v) is 11.1. The molecule has 0 unspecified atom stereocenters. The van der Waals surface area contributed by atoms with Crippen LogP contribution in [0.2, 0.25) is 0 Å². The number of fused-ring (bicyclic) bond motifs is 1. The van der Waals surface area contributed by atoms with Crippen LogP contribution in [0.5, 0.6) is 0 Å². The van der Waals surface area contributed by atoms with Crippen molar-refractivity contribution in [2.75, 3.05) is 32.7 Å². The van der Waals surface area contributed by atoms with Crippen LogP contribution in [0.1, 0.15) is 36.0 Å². The summed E-state index contributed by atoms with van der Waals surface area (Å²) in [5.41, 5.74) is 7.99. The number of benzene rings is 2. The second kappa shape index (κ2) is 11.3. The molecule has 0 saturated carbocycles. The molecule has 5 rings (SSSR count). The summed E-state index contributed by atoms with van der Waals surface area (Å²) < 4.78 is 43.6. The molecule has 2 fully saturated rings. The van der Waals surface area contributed by atoms with Crippen molar-refractivity contribution >= 4 is 39.4 Å². The molecule has 2 saturated heterocycles. The molecule has 0 aliphatic carbocycles. The Hall–Kier alpha value is -2.86. The maximum atomic E-state index is 14.3. The van der Waals surface area contributed by atoms with Crippen LogP contribution in [0.4, 0.5) is 4.39 Å². The minimum absolute atomic E-state index is 0. The molecule has 2 aliphatic heterocycles. The Kier molecular flexibility index (Phi) is 8.27. The zero-order chi connectivity index (χ0) is 25.3. The number of sulfonamides is 1. The molecule has 3 aromatic rings. The third-order valence-electron chi connectivity index (χ3n) is 6.75. The van der Waals surface area contributed by atoms with Crippen molar-refractivity contribution in [3.8, 4) is 11.1 Å². The average Bonchev–Trinajstić information content (AvgIpc) is 3.66. The van der Waals surface area contributed by atoms with Gasteiger partial charge in [0.25, 0.3) is 5.91 Å². The van der Waals surface area contributed by atoms with E-state index in [0.29, 0.717) is 53.9 Å². The number of amides is 1. The van der Waals surface area contributed by atoms with Crippen molar-refractivity contribution in [3.63, 3.8) is 0 Å². The van der Waals surface area contributed by atoms with Crippen molar-refractivity contribution in [1.29, 1.82) is 0 Å². The first-order chi connectivity index (χ1) is 17.4. The first-order valence-corrected chi connectivity index (χ1v) is 13.6. The number of nitrogens with zero attached hydrogens (tertiary/aromatic N) is 5. The Bertz CT molecular complexity index is 1430. The summed E-state index contributed by atoms with van der Waals surface area (Å²) in [5, 5.41) is 8.41. The van der Waals surface area contributed by atoms with Gasteiger partial charge in [0.1, 0.15) is 11.3 Å². The number of aromatic nitrogens is 3. The fraction of sp³-hybridized carbons (Fsp3) is 0.400. The maximum absolute atomic E-state index is 14.3. The smallest absolute Gasteiger partial charge is 0.253 e. The predicted octanol–water partition coefficient (Wildman–Crippen LogP) is 3.35. The highest BCUT2D eigenvalue weighted by Crippen LogP contribution is 2.32. The minimum atomic E-state index is -3.63. The number of carbonyl (C=O) groups excluding carboxylic acids is 1. The third kappa shape index (κ3) is 5.40. The summed E-state index contributed by atoms with van der Waals surface area (Å²) in [6.07, 6.45) is 4.86. The highest BCUT2D eigenvalue weighted by atomic mass is 35.5. The topological polar surface area (TPSA) is 114 Å². The Morgan fingerprint density at radius 2 is 1.76 bits per heavy atom. The Balaban J connectivity index is 0.00000320. The normalized spacial score (nSPS) is 16.9. The molecule has 1 aromatic heterocycles. The van der Waals surface area contributed by atoms with Gasteiger partial charge in [-0.15, -0.1) is 17.5 Å². The zero-order valence-electron chi connectivity index (χ0n) is 20.3. The lowest BCUT2D eigenvalue weighted by Gasteiger charge is -2.17. The second-order valence-electron chi connectivity index (χ2n) is 9.16. The third-order valence-corrected chi connectivity index (χ3v) is 8.64. The van der Waals surface area contributed by atoms with Crippen molar-refractivity contribution in [2.24, 2.45) is 5.73 Å². The van der Waals surface area contributed by atoms with Crippen LogP contribution in [0.25, 0.3) is 22.2 Å². The molecule has 0 bridgehead atoms. The van der Waals surface area contributed by atoms with Gasteiger partial charge in [-0.05, 0) is 61.6 Å². The van der Waals surface area contributed by atoms with Crippen molar-refractivity contribution in [3.05, 3.63) is 53.9 Å². The summed E-state index contributed by atoms with van der Waals surface area (Å²) >= 11 is 0. The number of hydrogen-bond acceptors (Lipinski definition) is 6. The quantitative estimate of drug-likeness (QED) is 0.484. The SMILES string of the molecule is Cl.NC/C=C(\F)Cn1nnc2c(-c3cccc(S(=O)(=O)N4CCCC4)c3)cc(C(=O)N3CCCC3)cc21. The summed E-state index contributed by atoms with van der Waals surface area (Å²) in [6.45, 7) is 2.26. The van der Waals surface area contributed by atoms with Gasteiger partial charge in [-0.25, -0.2) is 17.5 Å². The number of hydrogen-bond donors (Lipinski definition) is 1. The van der Waals surface area contributed by atoms with Crippen molar-refractivity contribution in [2.45, 2.75) is 37.1 Å². The molecule has 198 valence electrons. The van der Waals surface area contributed by atoms with Crippen LogP contribution in [0.3, 0.4) is 0 Å². The van der Waals surface area contributed by atoms with Crippen LogP contribution in [-0.4, -0.2) is 71.2 Å². The number of allylic oxidation sites excluding steroid dienone is 1. The van der Waals surface area contributed by atoms with Gasteiger partial charge in [0.05, 0.1) is 17.0 Å². The van der Waals surface area contributed by atoms with Gasteiger partial charge < -0.3 is 10.6 Å². The number of rotatable bonds is 7. The standard InChI is InChI=1S/C25H29FN6O3S.ClH/c26-20(8-9-27)17-32-23-16-19(25(33)30-10-1-2-11-30)15-22(24(23)28-29-32)18-6-5-7-21(14-18)36(34,35)31-12-3-4-13-31;/h5-8,14-16H,1-4,9-13,17,27H2;1H/b20-8-;. The predicted molar refractivity (Wildman–Crippen MR) is 142 cm³/mol. The average molecular weight is 549 g/mol. The van der Waals surface area contributed by atoms with Crippen LogP contribution in [0.15, 0.2) is 53.2 Å². The van der Waals surface area contributed by atoms with Crippen molar-refractivity contribution < 1.29 is 17.6 Å². The molecular weight excluding hydrogens is 519 g/mol. The molecule has 37 heavy (non-hydrogen) atoms. The lowest BCUT2D eigenvalue weighted by molar-refractivity contribution is 0.0793. The summed E-state index contributed by atoms with van der Waals surface area (Å²) in [7, 11) is -3.63. The fourth-order valence-corrected chi connectivity index (χ4v) is 6.43. The minimum Gasteiger partial charge on any atom is -0.339 e. The van der Waals surface area contributed by atoms with E-state index < -0.39 is 15.9 Å². The number of likely N-dealkylation sites (tertiary alicyclic amines) is 1. The Morgan fingerprint density at radius 1 is 1.05 bits per heavy atom. The number of carbonyl (C=O) groups is 1. The molecule has 9 nitrogen and oxygen atoms in total. The first-order valence-electron chi connectivity index (χ1n) is 12.2. The van der Waals surface area contributed by atoms with E-state index in [4.69, 9.17) is 5.73 Å². The van der Waals surface area contributed by atoms with Gasteiger partial charge in [0.15, 0.2) is 0 Å². The molecule has 2 N–H and O–H groups in total. The Morgan fingerprint density at radius 3 is 2.46 bits per heavy atom. The molecule has 3 heterocycles. The largest absolute Gasteiger partial charge is 0.339 e. The molecule has 0 atom stereocenters. The molecule has 2 aliphatic rings. The highest BCUT2D eigenvalue weighted by Gasteiger charge is 2.28. The first kappa shape index (κ1) is 27.2. The monoisotopic (exact) mass is 548 g/mol. The van der Waals surface area contributed by atoms with E-state index in [1.165, 1.54) is 15.1 Å². The zero-order valence-corrected chi connectivity index (χ0v) is 22.0. The fourth-order valence-electron chi connectivity index (χ4n) is 4.87. The van der Waals surface area contributed by atoms with Gasteiger partial charge in [-0.3, -0.25) is 4.79 Å². The van der Waals surface area contributed by atoms with E-state index >= 15 is 0 Å². The Labute approximate surface area is 221 Å². The van der Waals surface area contributed by atoms with E-state index in [9.17, 15) is 17.6 Å². The van der Waals surface area contributed by atoms with Crippen LogP contribution in [0, 0.1) is 0 Å². The summed E-state index contributed by atoms with van der Waals surface area (Å²) in [4.78, 5) is 15.3. The van der Waals surface area contributed by atoms with Gasteiger partial charge >= 0.3 is 0 Å². The van der Waals surface area contributed by atoms with E-state index in [2.05, 4.69) is 10.3 Å².